The molecule has 7 amide bonds. The number of aromatic amines is 2. The number of aliphatic hydroxyl groups is 1. The molecule has 3 fully saturated rings. The third-order valence-electron chi connectivity index (χ3n) is 14.6. The van der Waals surface area contributed by atoms with Crippen LogP contribution in [-0.4, -0.2) is 182 Å². The Morgan fingerprint density at radius 1 is 0.590 bits per heavy atom. The van der Waals surface area contributed by atoms with E-state index < -0.39 is 102 Å². The van der Waals surface area contributed by atoms with E-state index in [2.05, 4.69) is 41.2 Å². The predicted molar refractivity (Wildman–Crippen MR) is 288 cm³/mol. The lowest BCUT2D eigenvalue weighted by Crippen LogP contribution is -2.60. The first kappa shape index (κ1) is 57.4. The summed E-state index contributed by atoms with van der Waals surface area (Å²) in [6.45, 7) is 0.194. The Balaban J connectivity index is 1.13. The maximum absolute atomic E-state index is 15.2. The lowest BCUT2D eigenvalue weighted by atomic mass is 10.0. The number of hydrogen-bond donors (Lipinski definition) is 13. The van der Waals surface area contributed by atoms with Crippen molar-refractivity contribution in [3.8, 4) is 0 Å². The summed E-state index contributed by atoms with van der Waals surface area (Å²) in [5.41, 5.74) is 30.8. The van der Waals surface area contributed by atoms with Gasteiger partial charge in [0.1, 0.15) is 48.3 Å². The van der Waals surface area contributed by atoms with Crippen molar-refractivity contribution in [2.45, 2.75) is 125 Å². The van der Waals surface area contributed by atoms with Crippen molar-refractivity contribution in [3.63, 3.8) is 0 Å². The van der Waals surface area contributed by atoms with Gasteiger partial charge in [0.05, 0.1) is 6.61 Å². The second-order valence-corrected chi connectivity index (χ2v) is 20.0. The summed E-state index contributed by atoms with van der Waals surface area (Å²) in [6.07, 6.45) is 5.90. The van der Waals surface area contributed by atoms with Crippen molar-refractivity contribution >= 4 is 81.0 Å². The van der Waals surface area contributed by atoms with Gasteiger partial charge in [-0.2, -0.15) is 0 Å². The molecular formula is C52H72N16O10. The molecular weight excluding hydrogens is 1010 g/mol. The Morgan fingerprint density at radius 3 is 1.58 bits per heavy atom. The van der Waals surface area contributed by atoms with E-state index in [9.17, 15) is 43.8 Å². The van der Waals surface area contributed by atoms with Crippen LogP contribution >= 0.6 is 0 Å². The second-order valence-electron chi connectivity index (χ2n) is 20.0. The number of fused-ring (bicyclic) bond motifs is 2. The number of para-hydroxylation sites is 2. The largest absolute Gasteiger partial charge is 0.480 e. The van der Waals surface area contributed by atoms with Gasteiger partial charge in [0.15, 0.2) is 11.9 Å². The Labute approximate surface area is 449 Å². The number of carboxylic acids is 1. The minimum Gasteiger partial charge on any atom is -0.480 e. The molecule has 18 N–H and O–H groups in total. The summed E-state index contributed by atoms with van der Waals surface area (Å²) in [5, 5.41) is 32.4. The van der Waals surface area contributed by atoms with Gasteiger partial charge in [-0.3, -0.25) is 43.5 Å². The highest BCUT2D eigenvalue weighted by molar-refractivity contribution is 5.99. The monoisotopic (exact) mass is 1080 g/mol. The number of benzene rings is 2. The number of guanidine groups is 2. The molecule has 8 unspecified atom stereocenters. The van der Waals surface area contributed by atoms with E-state index in [1.54, 1.807) is 12.4 Å². The molecule has 3 aliphatic heterocycles. The van der Waals surface area contributed by atoms with Crippen LogP contribution in [0.3, 0.4) is 0 Å². The molecule has 7 rings (SSSR count). The minimum atomic E-state index is -1.36. The summed E-state index contributed by atoms with van der Waals surface area (Å²) >= 11 is 0. The topological polar surface area (TPSA) is 421 Å². The fraction of sp³-hybridized carbons (Fsp3) is 0.500. The third kappa shape index (κ3) is 14.2. The molecule has 420 valence electrons. The summed E-state index contributed by atoms with van der Waals surface area (Å²) in [4.78, 5) is 131. The predicted octanol–water partition coefficient (Wildman–Crippen LogP) is -2.14. The zero-order chi connectivity index (χ0) is 56.0. The molecule has 2 aromatic heterocycles. The third-order valence-corrected chi connectivity index (χ3v) is 14.6. The highest BCUT2D eigenvalue weighted by Crippen LogP contribution is 2.28. The molecule has 4 aromatic rings. The molecule has 26 heteroatoms. The Bertz CT molecular complexity index is 2880. The average Bonchev–Trinajstić information content (AvgIpc) is 4.32. The smallest absolute Gasteiger partial charge is 0.326 e. The van der Waals surface area contributed by atoms with Crippen LogP contribution in [0.25, 0.3) is 21.8 Å². The summed E-state index contributed by atoms with van der Waals surface area (Å²) in [7, 11) is 0. The van der Waals surface area contributed by atoms with Crippen LogP contribution in [0.2, 0.25) is 0 Å². The van der Waals surface area contributed by atoms with E-state index in [4.69, 9.17) is 28.7 Å². The molecule has 0 radical (unpaired) electrons. The number of aliphatic imine (C=N–C) groups is 2. The van der Waals surface area contributed by atoms with Gasteiger partial charge in [0, 0.05) is 79.8 Å². The van der Waals surface area contributed by atoms with Crippen molar-refractivity contribution in [3.05, 3.63) is 72.1 Å². The van der Waals surface area contributed by atoms with Crippen LogP contribution in [0.5, 0.6) is 0 Å². The molecule has 3 aliphatic rings. The molecule has 78 heavy (non-hydrogen) atoms. The van der Waals surface area contributed by atoms with Crippen LogP contribution in [0.4, 0.5) is 0 Å². The second kappa shape index (κ2) is 26.7. The van der Waals surface area contributed by atoms with Crippen molar-refractivity contribution in [1.82, 2.24) is 45.9 Å². The zero-order valence-corrected chi connectivity index (χ0v) is 43.4. The van der Waals surface area contributed by atoms with Gasteiger partial charge in [0.2, 0.25) is 41.4 Å². The van der Waals surface area contributed by atoms with Gasteiger partial charge in [-0.1, -0.05) is 36.4 Å². The van der Waals surface area contributed by atoms with Crippen LogP contribution < -0.4 is 49.9 Å². The maximum Gasteiger partial charge on any atom is 0.326 e. The molecule has 5 heterocycles. The van der Waals surface area contributed by atoms with Crippen LogP contribution in [0, 0.1) is 0 Å². The highest BCUT2D eigenvalue weighted by Gasteiger charge is 2.44. The molecule has 0 bridgehead atoms. The highest BCUT2D eigenvalue weighted by atomic mass is 16.4. The number of rotatable bonds is 25. The van der Waals surface area contributed by atoms with Crippen molar-refractivity contribution in [1.29, 1.82) is 0 Å². The lowest BCUT2D eigenvalue weighted by molar-refractivity contribution is -0.147. The molecule has 0 saturated carbocycles. The van der Waals surface area contributed by atoms with Crippen molar-refractivity contribution < 1.29 is 48.6 Å². The first-order valence-corrected chi connectivity index (χ1v) is 26.4. The molecule has 0 spiro atoms. The fourth-order valence-corrected chi connectivity index (χ4v) is 10.6. The van der Waals surface area contributed by atoms with Gasteiger partial charge >= 0.3 is 5.97 Å². The number of carboxylic acid groups (broad SMARTS) is 1. The van der Waals surface area contributed by atoms with Gasteiger partial charge in [-0.05, 0) is 87.5 Å². The minimum absolute atomic E-state index is 0.000594. The van der Waals surface area contributed by atoms with Crippen molar-refractivity contribution in [2.24, 2.45) is 38.7 Å². The number of aromatic nitrogens is 2. The van der Waals surface area contributed by atoms with E-state index in [0.717, 1.165) is 21.8 Å². The van der Waals surface area contributed by atoms with E-state index in [1.807, 2.05) is 48.5 Å². The number of carbonyl (C=O) groups excluding carboxylic acids is 7. The van der Waals surface area contributed by atoms with Crippen LogP contribution in [0.1, 0.15) is 75.3 Å². The number of aliphatic carboxylic acids is 1. The number of aliphatic hydroxyl groups excluding tert-OH is 1. The Morgan fingerprint density at radius 2 is 1.04 bits per heavy atom. The first-order chi connectivity index (χ1) is 37.4. The number of amides is 7. The van der Waals surface area contributed by atoms with Gasteiger partial charge in [-0.15, -0.1) is 0 Å². The number of nitrogens with two attached hydrogens (primary N) is 5. The van der Waals surface area contributed by atoms with E-state index >= 15 is 4.79 Å². The van der Waals surface area contributed by atoms with E-state index in [0.29, 0.717) is 36.8 Å². The zero-order valence-electron chi connectivity index (χ0n) is 43.4. The Kier molecular flexibility index (Phi) is 19.6. The number of hydrogen-bond acceptors (Lipinski definition) is 12. The summed E-state index contributed by atoms with van der Waals surface area (Å²) in [5.74, 6) is -6.13. The normalized spacial score (nSPS) is 19.1. The maximum atomic E-state index is 15.2. The quantitative estimate of drug-likeness (QED) is 0.0191. The Hall–Kier alpha value is -8.26. The van der Waals surface area contributed by atoms with Gasteiger partial charge in [0.25, 0.3) is 0 Å². The van der Waals surface area contributed by atoms with Gasteiger partial charge in [-0.25, -0.2) is 4.79 Å². The van der Waals surface area contributed by atoms with E-state index in [1.165, 1.54) is 14.7 Å². The summed E-state index contributed by atoms with van der Waals surface area (Å²) < 4.78 is 0. The molecule has 2 aromatic carbocycles. The van der Waals surface area contributed by atoms with Crippen molar-refractivity contribution in [2.75, 3.05) is 39.3 Å². The van der Waals surface area contributed by atoms with E-state index in [-0.39, 0.29) is 96.0 Å². The van der Waals surface area contributed by atoms with Gasteiger partial charge < -0.3 is 84.8 Å². The van der Waals surface area contributed by atoms with Crippen LogP contribution in [-0.2, 0) is 51.2 Å². The average molecular weight is 1080 g/mol. The fourth-order valence-electron chi connectivity index (χ4n) is 10.6. The standard InChI is InChI=1S/C52H72N16O10/c53-33(28-69)47(74)68-23-9-18-42(68)49(76)67-22-8-17-41(67)45(72)62-36(14-5-19-58-51(54)55)43(70)65-39(25-30-27-61-35-13-4-2-11-32(30)35)48(75)66-21-7-16-40(66)46(73)64-38(24-29-26-60-34-12-3-1-10-31(29)34)44(71)63-37(50(77)78)15-6-20-59-52(56)57/h1-4,10-13,26-27,33,36-42,60-61,69H,5-9,14-25,28,53H2,(H,62,72)(H,63,71)(H,64,73)(H,65,70)(H,77,78)(H4,54,55,58)(H4,56,57,59). The number of H-pyrrole nitrogens is 2. The molecule has 3 saturated heterocycles. The number of nitrogens with zero attached hydrogens (tertiary/aromatic N) is 5. The molecule has 26 nitrogen and oxygen atoms in total. The number of likely N-dealkylation sites (tertiary alicyclic amines) is 3. The summed E-state index contributed by atoms with van der Waals surface area (Å²) in [6, 6.07) is 5.25. The first-order valence-electron chi connectivity index (χ1n) is 26.4. The number of carbonyl (C=O) groups is 8. The molecule has 0 aliphatic carbocycles. The SMILES string of the molecule is NC(N)=NCCCC(NC(=O)C(Cc1c[nH]c2ccccc12)NC(=O)C1CCCN1C(=O)C(Cc1c[nH]c2ccccc12)NC(=O)C(CCCN=C(N)N)NC(=O)C1CCCN1C(=O)C1CCCN1C(=O)C(N)CO)C(=O)O. The lowest BCUT2D eigenvalue weighted by Gasteiger charge is -2.33. The number of nitrogens with one attached hydrogen (secondary N) is 6. The molecule has 8 atom stereocenters. The van der Waals surface area contributed by atoms with Crippen LogP contribution in [0.15, 0.2) is 70.9 Å².